The van der Waals surface area contributed by atoms with Gasteiger partial charge in [-0.1, -0.05) is 60.7 Å². The summed E-state index contributed by atoms with van der Waals surface area (Å²) in [5, 5.41) is 2.87. The highest BCUT2D eigenvalue weighted by atomic mass is 19.4. The fourth-order valence-corrected chi connectivity index (χ4v) is 6.24. The number of nitrogens with one attached hydrogen (secondary N) is 1. The van der Waals surface area contributed by atoms with Crippen LogP contribution in [0, 0.1) is 0 Å². The molecule has 2 fully saturated rings. The molecule has 0 saturated carbocycles. The number of amides is 2. The zero-order chi connectivity index (χ0) is 34.3. The lowest BCUT2D eigenvalue weighted by molar-refractivity contribution is -0.143. The van der Waals surface area contributed by atoms with E-state index >= 15 is 0 Å². The van der Waals surface area contributed by atoms with Crippen molar-refractivity contribution in [3.8, 4) is 0 Å². The Morgan fingerprint density at radius 1 is 0.915 bits per heavy atom. The van der Waals surface area contributed by atoms with Gasteiger partial charge in [0.25, 0.3) is 0 Å². The van der Waals surface area contributed by atoms with E-state index in [1.54, 1.807) is 68.4 Å². The number of likely N-dealkylation sites (tertiary alicyclic amines) is 1. The van der Waals surface area contributed by atoms with Crippen LogP contribution in [0.25, 0.3) is 0 Å². The highest BCUT2D eigenvalue weighted by Crippen LogP contribution is 2.48. The predicted octanol–water partition coefficient (Wildman–Crippen LogP) is 8.39. The molecule has 2 heterocycles. The molecule has 0 radical (unpaired) electrons. The summed E-state index contributed by atoms with van der Waals surface area (Å²) in [7, 11) is 0. The SMILES string of the molecule is CC(OC[C@@]1(c2ccccc2)CCC2(CN1C(=O)OCc1ccccc1)NC(=O)OC2(C)C)c1cc(C(F)(F)F)cc(C(F)(F)F)c1. The number of carbonyl (C=O) groups is 2. The summed E-state index contributed by atoms with van der Waals surface area (Å²) in [5.41, 5.74) is -5.33. The minimum atomic E-state index is -5.03. The van der Waals surface area contributed by atoms with E-state index < -0.39 is 58.4 Å². The molecule has 7 nitrogen and oxygen atoms in total. The fraction of sp³-hybridized carbons (Fsp3) is 0.412. The molecular weight excluding hydrogens is 630 g/mol. The van der Waals surface area contributed by atoms with E-state index in [2.05, 4.69) is 5.32 Å². The molecule has 2 saturated heterocycles. The molecular formula is C34H34F6N2O5. The van der Waals surface area contributed by atoms with Crippen LogP contribution in [0.1, 0.15) is 67.5 Å². The number of piperidine rings is 1. The lowest BCUT2D eigenvalue weighted by atomic mass is 9.69. The molecule has 0 bridgehead atoms. The molecule has 1 spiro atoms. The van der Waals surface area contributed by atoms with E-state index in [0.29, 0.717) is 29.7 Å². The summed E-state index contributed by atoms with van der Waals surface area (Å²) < 4.78 is 99.2. The first-order valence-electron chi connectivity index (χ1n) is 14.9. The normalized spacial score (nSPS) is 23.3. The average Bonchev–Trinajstić information content (AvgIpc) is 3.25. The number of cyclic esters (lactones) is 1. The minimum absolute atomic E-state index is 0.0620. The number of alkyl halides is 6. The Morgan fingerprint density at radius 2 is 1.49 bits per heavy atom. The smallest absolute Gasteiger partial charge is 0.416 e. The predicted molar refractivity (Wildman–Crippen MR) is 158 cm³/mol. The van der Waals surface area contributed by atoms with Gasteiger partial charge >= 0.3 is 24.5 Å². The Morgan fingerprint density at radius 3 is 2.02 bits per heavy atom. The molecule has 0 aromatic heterocycles. The van der Waals surface area contributed by atoms with E-state index in [4.69, 9.17) is 14.2 Å². The van der Waals surface area contributed by atoms with E-state index in [-0.39, 0.29) is 37.8 Å². The van der Waals surface area contributed by atoms with Crippen LogP contribution in [0.5, 0.6) is 0 Å². The van der Waals surface area contributed by atoms with Crippen molar-refractivity contribution in [3.63, 3.8) is 0 Å². The van der Waals surface area contributed by atoms with Gasteiger partial charge in [0.05, 0.1) is 35.9 Å². The zero-order valence-electron chi connectivity index (χ0n) is 25.9. The molecule has 47 heavy (non-hydrogen) atoms. The van der Waals surface area contributed by atoms with Crippen molar-refractivity contribution >= 4 is 12.2 Å². The van der Waals surface area contributed by atoms with Gasteiger partial charge in [-0.05, 0) is 68.5 Å². The van der Waals surface area contributed by atoms with Crippen molar-refractivity contribution in [3.05, 3.63) is 107 Å². The molecule has 3 atom stereocenters. The fourth-order valence-electron chi connectivity index (χ4n) is 6.24. The number of hydrogen-bond acceptors (Lipinski definition) is 5. The number of carbonyl (C=O) groups excluding carboxylic acids is 2. The van der Waals surface area contributed by atoms with Crippen LogP contribution in [0.2, 0.25) is 0 Å². The van der Waals surface area contributed by atoms with Crippen LogP contribution in [-0.2, 0) is 38.7 Å². The second-order valence-corrected chi connectivity index (χ2v) is 12.4. The summed E-state index contributed by atoms with van der Waals surface area (Å²) in [6.45, 7) is 4.30. The van der Waals surface area contributed by atoms with Gasteiger partial charge in [-0.2, -0.15) is 26.3 Å². The second-order valence-electron chi connectivity index (χ2n) is 12.4. The van der Waals surface area contributed by atoms with Gasteiger partial charge in [-0.15, -0.1) is 0 Å². The third-order valence-electron chi connectivity index (χ3n) is 9.14. The molecule has 0 aliphatic carbocycles. The zero-order valence-corrected chi connectivity index (χ0v) is 25.9. The van der Waals surface area contributed by atoms with Gasteiger partial charge in [-0.25, -0.2) is 9.59 Å². The van der Waals surface area contributed by atoms with E-state index in [1.807, 2.05) is 6.07 Å². The Kier molecular flexibility index (Phi) is 8.99. The topological polar surface area (TPSA) is 77.1 Å². The monoisotopic (exact) mass is 664 g/mol. The maximum Gasteiger partial charge on any atom is 0.416 e. The van der Waals surface area contributed by atoms with Gasteiger partial charge < -0.3 is 19.5 Å². The highest BCUT2D eigenvalue weighted by Gasteiger charge is 2.62. The van der Waals surface area contributed by atoms with Crippen molar-refractivity contribution < 1.29 is 50.1 Å². The summed E-state index contributed by atoms with van der Waals surface area (Å²) >= 11 is 0. The first-order valence-corrected chi connectivity index (χ1v) is 14.9. The molecule has 2 unspecified atom stereocenters. The van der Waals surface area contributed by atoms with Crippen molar-refractivity contribution in [2.45, 2.75) is 75.4 Å². The molecule has 1 N–H and O–H groups in total. The van der Waals surface area contributed by atoms with E-state index in [0.717, 1.165) is 0 Å². The van der Waals surface area contributed by atoms with Crippen molar-refractivity contribution in [1.29, 1.82) is 0 Å². The molecule has 2 aliphatic heterocycles. The lowest BCUT2D eigenvalue weighted by Gasteiger charge is -2.54. The Bertz CT molecular complexity index is 1570. The molecule has 252 valence electrons. The summed E-state index contributed by atoms with van der Waals surface area (Å²) in [4.78, 5) is 28.0. The van der Waals surface area contributed by atoms with Crippen molar-refractivity contribution in [1.82, 2.24) is 10.2 Å². The van der Waals surface area contributed by atoms with Crippen molar-refractivity contribution in [2.24, 2.45) is 0 Å². The maximum absolute atomic E-state index is 14.1. The third kappa shape index (κ3) is 6.90. The Labute approximate surface area is 267 Å². The largest absolute Gasteiger partial charge is 0.445 e. The number of hydrogen-bond donors (Lipinski definition) is 1. The van der Waals surface area contributed by atoms with Crippen LogP contribution in [-0.4, -0.2) is 41.4 Å². The van der Waals surface area contributed by atoms with E-state index in [9.17, 15) is 35.9 Å². The van der Waals surface area contributed by atoms with Gasteiger partial charge in [0.15, 0.2) is 0 Å². The number of halogens is 6. The lowest BCUT2D eigenvalue weighted by Crippen LogP contribution is -2.69. The number of ether oxygens (including phenoxy) is 3. The molecule has 5 rings (SSSR count). The first kappa shape index (κ1) is 34.1. The molecule has 3 aromatic carbocycles. The number of alkyl carbamates (subject to hydrolysis) is 1. The standard InChI is InChI=1S/C34H34F6N2O5/c1-22(24-16-26(33(35,36)37)18-27(17-24)34(38,39)40)46-21-31(25-12-8-5-9-13-25)14-15-32(30(2,3)47-28(43)41-32)20-42(31)29(44)45-19-23-10-6-4-7-11-23/h4-13,16-18,22H,14-15,19-21H2,1-3H3,(H,41,43)/t22?,31-,32?/m1/s1. The highest BCUT2D eigenvalue weighted by molar-refractivity contribution is 5.74. The maximum atomic E-state index is 14.1. The molecule has 3 aromatic rings. The molecule has 2 amide bonds. The van der Waals surface area contributed by atoms with Crippen molar-refractivity contribution in [2.75, 3.05) is 13.2 Å². The average molecular weight is 665 g/mol. The number of rotatable bonds is 7. The second kappa shape index (κ2) is 12.4. The molecule has 13 heteroatoms. The van der Waals surface area contributed by atoms with Gasteiger partial charge in [0, 0.05) is 0 Å². The quantitative estimate of drug-likeness (QED) is 0.257. The van der Waals surface area contributed by atoms with Gasteiger partial charge in [0.1, 0.15) is 17.7 Å². The van der Waals surface area contributed by atoms with Gasteiger partial charge in [-0.3, -0.25) is 4.90 Å². The van der Waals surface area contributed by atoms with Crippen LogP contribution in [0.3, 0.4) is 0 Å². The summed E-state index contributed by atoms with van der Waals surface area (Å²) in [6.07, 6.45) is -12.3. The van der Waals surface area contributed by atoms with Crippen LogP contribution >= 0.6 is 0 Å². The minimum Gasteiger partial charge on any atom is -0.445 e. The Balaban J connectivity index is 1.53. The Hall–Kier alpha value is -4.26. The van der Waals surface area contributed by atoms with Crippen LogP contribution in [0.4, 0.5) is 35.9 Å². The summed E-state index contributed by atoms with van der Waals surface area (Å²) in [6, 6.07) is 19.0. The van der Waals surface area contributed by atoms with E-state index in [1.165, 1.54) is 11.8 Å². The number of benzene rings is 3. The number of nitrogens with zero attached hydrogens (tertiary/aromatic N) is 1. The third-order valence-corrected chi connectivity index (χ3v) is 9.14. The van der Waals surface area contributed by atoms with Crippen LogP contribution < -0.4 is 5.32 Å². The van der Waals surface area contributed by atoms with Crippen LogP contribution in [0.15, 0.2) is 78.9 Å². The first-order chi connectivity index (χ1) is 22.0. The van der Waals surface area contributed by atoms with Gasteiger partial charge in [0.2, 0.25) is 0 Å². The summed E-state index contributed by atoms with van der Waals surface area (Å²) in [5.74, 6) is 0. The molecule has 2 aliphatic rings.